The molecule has 4 rings (SSSR count). The first kappa shape index (κ1) is 16.5. The van der Waals surface area contributed by atoms with Gasteiger partial charge in [0.15, 0.2) is 5.88 Å². The summed E-state index contributed by atoms with van der Waals surface area (Å²) < 4.78 is 5.98. The molecule has 1 N–H and O–H groups in total. The molecule has 1 saturated heterocycles. The van der Waals surface area contributed by atoms with Gasteiger partial charge in [0.05, 0.1) is 16.6 Å². The number of benzene rings is 1. The molecule has 0 unspecified atom stereocenters. The molecular weight excluding hydrogens is 324 g/mol. The number of aromatic amines is 1. The van der Waals surface area contributed by atoms with Crippen LogP contribution in [0.5, 0.6) is 0 Å². The van der Waals surface area contributed by atoms with Crippen LogP contribution in [0.15, 0.2) is 34.7 Å². The van der Waals surface area contributed by atoms with Crippen LogP contribution in [0.25, 0.3) is 22.7 Å². The highest BCUT2D eigenvalue weighted by atomic mass is 16.4. The zero-order valence-corrected chi connectivity index (χ0v) is 15.0. The maximum absolute atomic E-state index is 9.58. The van der Waals surface area contributed by atoms with Crippen molar-refractivity contribution in [1.29, 1.82) is 5.26 Å². The highest BCUT2D eigenvalue weighted by Crippen LogP contribution is 2.25. The summed E-state index contributed by atoms with van der Waals surface area (Å²) in [5, 5.41) is 9.58. The van der Waals surface area contributed by atoms with Gasteiger partial charge in [0.1, 0.15) is 17.7 Å². The number of hydrogen-bond acceptors (Lipinski definition) is 4. The Balaban J connectivity index is 1.61. The number of nitrogens with zero attached hydrogens (tertiary/aromatic N) is 3. The van der Waals surface area contributed by atoms with Gasteiger partial charge in [-0.1, -0.05) is 18.9 Å². The van der Waals surface area contributed by atoms with Crippen LogP contribution < -0.4 is 4.90 Å². The molecular formula is C21H22N4O. The average Bonchev–Trinajstić information content (AvgIpc) is 3.18. The zero-order chi connectivity index (χ0) is 17.9. The number of nitrogens with one attached hydrogen (secondary N) is 1. The van der Waals surface area contributed by atoms with Crippen molar-refractivity contribution >= 4 is 28.6 Å². The monoisotopic (exact) mass is 346 g/mol. The van der Waals surface area contributed by atoms with Crippen LogP contribution in [0.3, 0.4) is 0 Å². The van der Waals surface area contributed by atoms with Crippen LogP contribution in [0.1, 0.15) is 42.8 Å². The Morgan fingerprint density at radius 2 is 2.00 bits per heavy atom. The fraction of sp³-hybridized carbons (Fsp3) is 0.333. The Hall–Kier alpha value is -3.00. The van der Waals surface area contributed by atoms with Crippen molar-refractivity contribution in [2.24, 2.45) is 0 Å². The highest BCUT2D eigenvalue weighted by Gasteiger charge is 2.14. The van der Waals surface area contributed by atoms with E-state index in [0.29, 0.717) is 17.2 Å². The van der Waals surface area contributed by atoms with E-state index in [1.807, 2.05) is 37.3 Å². The van der Waals surface area contributed by atoms with Crippen molar-refractivity contribution in [3.63, 3.8) is 0 Å². The van der Waals surface area contributed by atoms with Gasteiger partial charge in [-0.05, 0) is 43.5 Å². The third-order valence-corrected chi connectivity index (χ3v) is 4.83. The number of rotatable bonds is 3. The average molecular weight is 346 g/mol. The Kier molecular flexibility index (Phi) is 4.49. The normalized spacial score (nSPS) is 15.8. The topological polar surface area (TPSA) is 68.8 Å². The van der Waals surface area contributed by atoms with Gasteiger partial charge in [0.2, 0.25) is 0 Å². The molecule has 0 bridgehead atoms. The van der Waals surface area contributed by atoms with E-state index in [0.717, 1.165) is 35.6 Å². The molecule has 0 atom stereocenters. The Morgan fingerprint density at radius 3 is 2.77 bits per heavy atom. The minimum atomic E-state index is 0.468. The van der Waals surface area contributed by atoms with E-state index in [1.165, 1.54) is 25.7 Å². The number of hydrogen-bond donors (Lipinski definition) is 1. The van der Waals surface area contributed by atoms with E-state index in [-0.39, 0.29) is 0 Å². The van der Waals surface area contributed by atoms with Crippen molar-refractivity contribution in [2.75, 3.05) is 18.0 Å². The number of aryl methyl sites for hydroxylation is 1. The fourth-order valence-electron chi connectivity index (χ4n) is 3.43. The van der Waals surface area contributed by atoms with Gasteiger partial charge in [-0.15, -0.1) is 0 Å². The molecule has 0 amide bonds. The van der Waals surface area contributed by atoms with Crippen molar-refractivity contribution in [3.05, 3.63) is 47.5 Å². The lowest BCUT2D eigenvalue weighted by Crippen LogP contribution is -2.23. The molecule has 0 aliphatic carbocycles. The molecule has 1 aromatic carbocycles. The number of furan rings is 1. The molecule has 3 heterocycles. The van der Waals surface area contributed by atoms with Crippen molar-refractivity contribution in [3.8, 4) is 6.07 Å². The highest BCUT2D eigenvalue weighted by molar-refractivity contribution is 5.89. The van der Waals surface area contributed by atoms with Crippen LogP contribution in [-0.2, 0) is 0 Å². The van der Waals surface area contributed by atoms with Crippen LogP contribution in [0.2, 0.25) is 0 Å². The van der Waals surface area contributed by atoms with Gasteiger partial charge in [-0.2, -0.15) is 5.26 Å². The quantitative estimate of drug-likeness (QED) is 0.684. The Bertz CT molecular complexity index is 981. The van der Waals surface area contributed by atoms with Crippen LogP contribution in [0, 0.1) is 18.3 Å². The first-order valence-corrected chi connectivity index (χ1v) is 9.16. The molecule has 0 spiro atoms. The van der Waals surface area contributed by atoms with E-state index in [2.05, 4.69) is 20.9 Å². The number of imidazole rings is 1. The minimum absolute atomic E-state index is 0.468. The smallest absolute Gasteiger partial charge is 0.196 e. The van der Waals surface area contributed by atoms with Crippen molar-refractivity contribution in [1.82, 2.24) is 9.97 Å². The van der Waals surface area contributed by atoms with E-state index < -0.39 is 0 Å². The predicted octanol–water partition coefficient (Wildman–Crippen LogP) is 4.91. The summed E-state index contributed by atoms with van der Waals surface area (Å²) in [6, 6.07) is 12.2. The number of fused-ring (bicyclic) bond motifs is 1. The summed E-state index contributed by atoms with van der Waals surface area (Å²) in [7, 11) is 0. The second-order valence-corrected chi connectivity index (χ2v) is 6.85. The maximum atomic E-state index is 9.58. The first-order chi connectivity index (χ1) is 12.7. The summed E-state index contributed by atoms with van der Waals surface area (Å²) in [5.41, 5.74) is 3.42. The maximum Gasteiger partial charge on any atom is 0.196 e. The van der Waals surface area contributed by atoms with Gasteiger partial charge >= 0.3 is 0 Å². The molecule has 0 saturated carbocycles. The SMILES string of the molecule is Cc1ccc2nc(C(C#N)=Cc3ccc(N4CCCCCC4)o3)[nH]c2c1. The summed E-state index contributed by atoms with van der Waals surface area (Å²) in [6.45, 7) is 4.10. The van der Waals surface area contributed by atoms with E-state index in [4.69, 9.17) is 4.42 Å². The number of nitriles is 1. The van der Waals surface area contributed by atoms with E-state index in [9.17, 15) is 5.26 Å². The molecule has 3 aromatic rings. The molecule has 132 valence electrons. The lowest BCUT2D eigenvalue weighted by Gasteiger charge is -2.18. The van der Waals surface area contributed by atoms with Gasteiger partial charge in [0.25, 0.3) is 0 Å². The van der Waals surface area contributed by atoms with Crippen LogP contribution in [-0.4, -0.2) is 23.1 Å². The Labute approximate surface area is 152 Å². The second-order valence-electron chi connectivity index (χ2n) is 6.85. The molecule has 5 nitrogen and oxygen atoms in total. The summed E-state index contributed by atoms with van der Waals surface area (Å²) >= 11 is 0. The van der Waals surface area contributed by atoms with Crippen LogP contribution >= 0.6 is 0 Å². The van der Waals surface area contributed by atoms with Crippen molar-refractivity contribution < 1.29 is 4.42 Å². The van der Waals surface area contributed by atoms with Gasteiger partial charge in [-0.3, -0.25) is 0 Å². The fourth-order valence-corrected chi connectivity index (χ4v) is 3.43. The summed E-state index contributed by atoms with van der Waals surface area (Å²) in [6.07, 6.45) is 6.73. The van der Waals surface area contributed by atoms with Gasteiger partial charge in [0, 0.05) is 25.2 Å². The Morgan fingerprint density at radius 1 is 1.19 bits per heavy atom. The number of allylic oxidation sites excluding steroid dienone is 1. The third kappa shape index (κ3) is 3.36. The largest absolute Gasteiger partial charge is 0.441 e. The molecule has 1 aliphatic rings. The summed E-state index contributed by atoms with van der Waals surface area (Å²) in [4.78, 5) is 10.1. The molecule has 26 heavy (non-hydrogen) atoms. The lowest BCUT2D eigenvalue weighted by atomic mass is 10.2. The molecule has 2 aromatic heterocycles. The standard InChI is InChI=1S/C21H22N4O/c1-15-6-8-18-19(12-15)24-21(23-18)16(14-22)13-17-7-9-20(26-17)25-10-4-2-3-5-11-25/h6-9,12-13H,2-5,10-11H2,1H3,(H,23,24). The summed E-state index contributed by atoms with van der Waals surface area (Å²) in [5.74, 6) is 2.13. The van der Waals surface area contributed by atoms with Gasteiger partial charge in [-0.25, -0.2) is 4.98 Å². The molecule has 1 aliphatic heterocycles. The second kappa shape index (κ2) is 7.09. The molecule has 0 radical (unpaired) electrons. The number of aromatic nitrogens is 2. The van der Waals surface area contributed by atoms with E-state index in [1.54, 1.807) is 6.08 Å². The first-order valence-electron chi connectivity index (χ1n) is 9.16. The predicted molar refractivity (Wildman–Crippen MR) is 104 cm³/mol. The number of anilines is 1. The zero-order valence-electron chi connectivity index (χ0n) is 15.0. The molecule has 1 fully saturated rings. The lowest BCUT2D eigenvalue weighted by molar-refractivity contribution is 0.536. The third-order valence-electron chi connectivity index (χ3n) is 4.83. The van der Waals surface area contributed by atoms with Gasteiger partial charge < -0.3 is 14.3 Å². The number of H-pyrrole nitrogens is 1. The molecule has 5 heteroatoms. The minimum Gasteiger partial charge on any atom is -0.441 e. The van der Waals surface area contributed by atoms with Crippen molar-refractivity contribution in [2.45, 2.75) is 32.6 Å². The van der Waals surface area contributed by atoms with E-state index >= 15 is 0 Å². The van der Waals surface area contributed by atoms with Crippen LogP contribution in [0.4, 0.5) is 5.88 Å².